The van der Waals surface area contributed by atoms with E-state index in [0.717, 1.165) is 5.92 Å². The lowest BCUT2D eigenvalue weighted by atomic mass is 9.99. The molecule has 1 N–H and O–H groups in total. The van der Waals surface area contributed by atoms with Gasteiger partial charge in [-0.05, 0) is 32.0 Å². The van der Waals surface area contributed by atoms with Crippen LogP contribution in [0.15, 0.2) is 0 Å². The number of likely N-dealkylation sites (N-methyl/N-ethyl adjacent to an activating group) is 1. The Bertz CT molecular complexity index is 136. The summed E-state index contributed by atoms with van der Waals surface area (Å²) in [6.45, 7) is 11.8. The third-order valence-electron chi connectivity index (χ3n) is 3.29. The highest BCUT2D eigenvalue weighted by atomic mass is 15.2. The SMILES string of the molecule is CCC(C)C1CN(CC)CCCN1. The van der Waals surface area contributed by atoms with Gasteiger partial charge in [0.15, 0.2) is 0 Å². The van der Waals surface area contributed by atoms with Gasteiger partial charge in [-0.15, -0.1) is 0 Å². The summed E-state index contributed by atoms with van der Waals surface area (Å²) in [4.78, 5) is 2.57. The van der Waals surface area contributed by atoms with Crippen LogP contribution in [0, 0.1) is 5.92 Å². The molecular formula is C11H24N2. The van der Waals surface area contributed by atoms with Crippen LogP contribution in [-0.4, -0.2) is 37.1 Å². The summed E-state index contributed by atoms with van der Waals surface area (Å²) in [5.41, 5.74) is 0. The Kier molecular flexibility index (Phi) is 4.74. The van der Waals surface area contributed by atoms with Crippen molar-refractivity contribution >= 4 is 0 Å². The molecule has 2 nitrogen and oxygen atoms in total. The van der Waals surface area contributed by atoms with E-state index in [0.29, 0.717) is 6.04 Å². The van der Waals surface area contributed by atoms with Crippen LogP contribution in [0.5, 0.6) is 0 Å². The molecular weight excluding hydrogens is 160 g/mol. The van der Waals surface area contributed by atoms with Gasteiger partial charge in [-0.2, -0.15) is 0 Å². The maximum atomic E-state index is 3.65. The molecule has 2 heteroatoms. The van der Waals surface area contributed by atoms with Crippen molar-refractivity contribution in [3.8, 4) is 0 Å². The van der Waals surface area contributed by atoms with Crippen molar-refractivity contribution in [2.75, 3.05) is 26.2 Å². The molecule has 0 radical (unpaired) electrons. The van der Waals surface area contributed by atoms with E-state index in [1.807, 2.05) is 0 Å². The van der Waals surface area contributed by atoms with E-state index in [1.165, 1.54) is 39.0 Å². The highest BCUT2D eigenvalue weighted by molar-refractivity contribution is 4.79. The molecule has 1 aliphatic rings. The van der Waals surface area contributed by atoms with Gasteiger partial charge >= 0.3 is 0 Å². The van der Waals surface area contributed by atoms with E-state index in [4.69, 9.17) is 0 Å². The summed E-state index contributed by atoms with van der Waals surface area (Å²) in [6.07, 6.45) is 2.59. The standard InChI is InChI=1S/C11H24N2/c1-4-10(3)11-9-13(5-2)8-6-7-12-11/h10-12H,4-9H2,1-3H3. The summed E-state index contributed by atoms with van der Waals surface area (Å²) in [6, 6.07) is 0.715. The smallest absolute Gasteiger partial charge is 0.0220 e. The zero-order chi connectivity index (χ0) is 9.68. The van der Waals surface area contributed by atoms with Gasteiger partial charge in [0.1, 0.15) is 0 Å². The van der Waals surface area contributed by atoms with Crippen molar-refractivity contribution in [2.24, 2.45) is 5.92 Å². The minimum atomic E-state index is 0.715. The van der Waals surface area contributed by atoms with Crippen molar-refractivity contribution in [3.05, 3.63) is 0 Å². The zero-order valence-corrected chi connectivity index (χ0v) is 9.34. The van der Waals surface area contributed by atoms with E-state index < -0.39 is 0 Å². The summed E-state index contributed by atoms with van der Waals surface area (Å²) in [5.74, 6) is 0.812. The summed E-state index contributed by atoms with van der Waals surface area (Å²) >= 11 is 0. The quantitative estimate of drug-likeness (QED) is 0.718. The first-order valence-electron chi connectivity index (χ1n) is 5.73. The van der Waals surface area contributed by atoms with Crippen LogP contribution in [0.25, 0.3) is 0 Å². The molecule has 0 saturated carbocycles. The summed E-state index contributed by atoms with van der Waals surface area (Å²) < 4.78 is 0. The molecule has 0 aromatic rings. The summed E-state index contributed by atoms with van der Waals surface area (Å²) in [7, 11) is 0. The Hall–Kier alpha value is -0.0800. The molecule has 0 amide bonds. The van der Waals surface area contributed by atoms with Crippen LogP contribution >= 0.6 is 0 Å². The second-order valence-electron chi connectivity index (χ2n) is 4.19. The lowest BCUT2D eigenvalue weighted by Gasteiger charge is -2.27. The molecule has 0 spiro atoms. The fourth-order valence-electron chi connectivity index (χ4n) is 1.98. The highest BCUT2D eigenvalue weighted by Gasteiger charge is 2.20. The molecule has 2 atom stereocenters. The van der Waals surface area contributed by atoms with Crippen molar-refractivity contribution in [2.45, 2.75) is 39.7 Å². The Labute approximate surface area is 82.7 Å². The van der Waals surface area contributed by atoms with Gasteiger partial charge in [-0.3, -0.25) is 0 Å². The molecule has 1 heterocycles. The molecule has 1 rings (SSSR count). The minimum absolute atomic E-state index is 0.715. The molecule has 0 aromatic heterocycles. The third-order valence-corrected chi connectivity index (χ3v) is 3.29. The molecule has 13 heavy (non-hydrogen) atoms. The Morgan fingerprint density at radius 2 is 2.23 bits per heavy atom. The first-order valence-corrected chi connectivity index (χ1v) is 5.73. The van der Waals surface area contributed by atoms with E-state index >= 15 is 0 Å². The predicted octanol–water partition coefficient (Wildman–Crippen LogP) is 1.72. The van der Waals surface area contributed by atoms with Crippen LogP contribution in [-0.2, 0) is 0 Å². The van der Waals surface area contributed by atoms with Crippen LogP contribution in [0.2, 0.25) is 0 Å². The van der Waals surface area contributed by atoms with E-state index in [-0.39, 0.29) is 0 Å². The maximum absolute atomic E-state index is 3.65. The fraction of sp³-hybridized carbons (Fsp3) is 1.00. The van der Waals surface area contributed by atoms with E-state index in [2.05, 4.69) is 31.0 Å². The average Bonchev–Trinajstić information content (AvgIpc) is 2.41. The summed E-state index contributed by atoms with van der Waals surface area (Å²) in [5, 5.41) is 3.65. The Balaban J connectivity index is 2.43. The van der Waals surface area contributed by atoms with Crippen molar-refractivity contribution in [3.63, 3.8) is 0 Å². The normalized spacial score (nSPS) is 28.4. The zero-order valence-electron chi connectivity index (χ0n) is 9.34. The largest absolute Gasteiger partial charge is 0.312 e. The second kappa shape index (κ2) is 5.61. The third kappa shape index (κ3) is 3.28. The van der Waals surface area contributed by atoms with Gasteiger partial charge in [0.25, 0.3) is 0 Å². The number of nitrogens with zero attached hydrogens (tertiary/aromatic N) is 1. The Morgan fingerprint density at radius 1 is 1.46 bits per heavy atom. The predicted molar refractivity (Wildman–Crippen MR) is 58.0 cm³/mol. The fourth-order valence-corrected chi connectivity index (χ4v) is 1.98. The monoisotopic (exact) mass is 184 g/mol. The first-order chi connectivity index (χ1) is 6.27. The molecule has 0 bridgehead atoms. The van der Waals surface area contributed by atoms with Gasteiger partial charge in [-0.1, -0.05) is 27.2 Å². The van der Waals surface area contributed by atoms with Gasteiger partial charge in [0.2, 0.25) is 0 Å². The van der Waals surface area contributed by atoms with Gasteiger partial charge in [0, 0.05) is 12.6 Å². The number of hydrogen-bond acceptors (Lipinski definition) is 2. The van der Waals surface area contributed by atoms with Crippen LogP contribution in [0.1, 0.15) is 33.6 Å². The molecule has 1 fully saturated rings. The Morgan fingerprint density at radius 3 is 2.85 bits per heavy atom. The molecule has 1 saturated heterocycles. The molecule has 1 aliphatic heterocycles. The van der Waals surface area contributed by atoms with Gasteiger partial charge < -0.3 is 10.2 Å². The molecule has 2 unspecified atom stereocenters. The van der Waals surface area contributed by atoms with Crippen LogP contribution < -0.4 is 5.32 Å². The van der Waals surface area contributed by atoms with Gasteiger partial charge in [-0.25, -0.2) is 0 Å². The topological polar surface area (TPSA) is 15.3 Å². The van der Waals surface area contributed by atoms with E-state index in [9.17, 15) is 0 Å². The average molecular weight is 184 g/mol. The molecule has 78 valence electrons. The first kappa shape index (κ1) is 11.0. The lowest BCUT2D eigenvalue weighted by molar-refractivity contribution is 0.248. The van der Waals surface area contributed by atoms with Gasteiger partial charge in [0.05, 0.1) is 0 Å². The van der Waals surface area contributed by atoms with Crippen LogP contribution in [0.4, 0.5) is 0 Å². The van der Waals surface area contributed by atoms with Crippen molar-refractivity contribution in [1.29, 1.82) is 0 Å². The maximum Gasteiger partial charge on any atom is 0.0220 e. The van der Waals surface area contributed by atoms with Crippen molar-refractivity contribution < 1.29 is 0 Å². The molecule has 0 aliphatic carbocycles. The number of rotatable bonds is 3. The van der Waals surface area contributed by atoms with E-state index in [1.54, 1.807) is 0 Å². The highest BCUT2D eigenvalue weighted by Crippen LogP contribution is 2.11. The van der Waals surface area contributed by atoms with Crippen LogP contribution in [0.3, 0.4) is 0 Å². The lowest BCUT2D eigenvalue weighted by Crippen LogP contribution is -2.41. The number of hydrogen-bond donors (Lipinski definition) is 1. The molecule has 0 aromatic carbocycles. The minimum Gasteiger partial charge on any atom is -0.312 e. The van der Waals surface area contributed by atoms with Crippen molar-refractivity contribution in [1.82, 2.24) is 10.2 Å². The number of nitrogens with one attached hydrogen (secondary N) is 1. The second-order valence-corrected chi connectivity index (χ2v) is 4.19.